The van der Waals surface area contributed by atoms with Crippen molar-refractivity contribution in [1.29, 1.82) is 0 Å². The van der Waals surface area contributed by atoms with E-state index in [0.717, 1.165) is 32.3 Å². The van der Waals surface area contributed by atoms with Crippen molar-refractivity contribution in [2.45, 2.75) is 131 Å². The Balaban J connectivity index is 0.000000156. The maximum absolute atomic E-state index is 13.9. The van der Waals surface area contributed by atoms with E-state index in [9.17, 15) is 48.5 Å². The molecule has 10 aromatic rings. The van der Waals surface area contributed by atoms with E-state index in [0.29, 0.717) is 139 Å². The Morgan fingerprint density at radius 1 is 0.289 bits per heavy atom. The average molecular weight is 1110 g/mol. The molecular weight excluding hydrogens is 1050 g/mol. The molecule has 83 heavy (non-hydrogen) atoms. The number of amides is 8. The van der Waals surface area contributed by atoms with Gasteiger partial charge in [-0.15, -0.1) is 0 Å². The van der Waals surface area contributed by atoms with Crippen molar-refractivity contribution in [3.05, 3.63) is 146 Å². The first-order valence-electron chi connectivity index (χ1n) is 29.2. The van der Waals surface area contributed by atoms with E-state index in [4.69, 9.17) is 0 Å². The van der Waals surface area contributed by atoms with Crippen molar-refractivity contribution < 1.29 is 43.3 Å². The summed E-state index contributed by atoms with van der Waals surface area (Å²) in [7, 11) is 0. The standard InChI is InChI=1S/C34H29N3O6.C34H30N2O4/c1-5-16(6-2)35-31(38)21-12-9-18-19-10-13-23-28-24(34(41)36(33(23)40)17(7-3)8-4)15-25(37(42)43)29(30(19)28)20-11-14-22(32(35)39)27(21)26(18)20;1-5-17(6-2)35-31(37)23-13-9-19-21-11-15-25-30-26(34(40)36(33(25)39)18(7-3)8-4)16-12-22(28(21)30)20-10-14-24(32(35)38)29(23)27(19)20/h9-17H,5-8H2,1-4H3;9-18H,5-8H2,1-4H3. The fourth-order valence-electron chi connectivity index (χ4n) is 14.8. The fraction of sp³-hybridized carbons (Fsp3) is 0.294. The van der Waals surface area contributed by atoms with E-state index < -0.39 is 16.7 Å². The minimum absolute atomic E-state index is 0.133. The zero-order valence-electron chi connectivity index (χ0n) is 47.4. The summed E-state index contributed by atoms with van der Waals surface area (Å²) in [5.74, 6) is -2.69. The van der Waals surface area contributed by atoms with Gasteiger partial charge in [0.15, 0.2) is 0 Å². The second kappa shape index (κ2) is 19.2. The van der Waals surface area contributed by atoms with Gasteiger partial charge in [0, 0.05) is 96.1 Å². The predicted octanol–water partition coefficient (Wildman–Crippen LogP) is 14.5. The highest BCUT2D eigenvalue weighted by atomic mass is 16.6. The van der Waals surface area contributed by atoms with Crippen LogP contribution in [0.5, 0.6) is 0 Å². The lowest BCUT2D eigenvalue weighted by Gasteiger charge is -2.34. The number of fused-ring (bicyclic) bond motifs is 4. The second-order valence-corrected chi connectivity index (χ2v) is 22.5. The Hall–Kier alpha value is -9.24. The summed E-state index contributed by atoms with van der Waals surface area (Å²) >= 11 is 0. The van der Waals surface area contributed by atoms with Gasteiger partial charge in [-0.25, -0.2) is 0 Å². The lowest BCUT2D eigenvalue weighted by Crippen LogP contribution is -2.46. The predicted molar refractivity (Wildman–Crippen MR) is 321 cm³/mol. The molecule has 10 aromatic carbocycles. The van der Waals surface area contributed by atoms with E-state index in [2.05, 4.69) is 0 Å². The molecule has 0 fully saturated rings. The maximum Gasteiger partial charge on any atom is 0.278 e. The first-order valence-corrected chi connectivity index (χ1v) is 29.2. The number of rotatable bonds is 13. The molecule has 0 N–H and O–H groups in total. The van der Waals surface area contributed by atoms with Crippen molar-refractivity contribution in [1.82, 2.24) is 19.6 Å². The summed E-state index contributed by atoms with van der Waals surface area (Å²) in [5.41, 5.74) is 3.14. The number of nitro benzene ring substituents is 1. The first kappa shape index (κ1) is 53.1. The van der Waals surface area contributed by atoms with Crippen LogP contribution in [0.4, 0.5) is 5.69 Å². The molecule has 0 spiro atoms. The van der Waals surface area contributed by atoms with E-state index in [-0.39, 0.29) is 76.2 Å². The molecule has 416 valence electrons. The molecule has 14 rings (SSSR count). The normalized spacial score (nSPS) is 15.3. The highest BCUT2D eigenvalue weighted by molar-refractivity contribution is 6.44. The van der Waals surface area contributed by atoms with Crippen LogP contribution in [0.1, 0.15) is 190 Å². The molecule has 8 amide bonds. The zero-order valence-corrected chi connectivity index (χ0v) is 47.4. The Kier molecular flexibility index (Phi) is 12.3. The smallest absolute Gasteiger partial charge is 0.271 e. The largest absolute Gasteiger partial charge is 0.278 e. The molecule has 0 bridgehead atoms. The number of benzene rings is 10. The summed E-state index contributed by atoms with van der Waals surface area (Å²) in [6.45, 7) is 15.7. The molecule has 0 aliphatic carbocycles. The van der Waals surface area contributed by atoms with Crippen LogP contribution in [0.3, 0.4) is 0 Å². The molecule has 4 aliphatic rings. The quantitative estimate of drug-likeness (QED) is 0.0353. The third-order valence-electron chi connectivity index (χ3n) is 18.9. The van der Waals surface area contributed by atoms with Gasteiger partial charge >= 0.3 is 0 Å². The third kappa shape index (κ3) is 6.90. The van der Waals surface area contributed by atoms with Crippen LogP contribution in [0.2, 0.25) is 0 Å². The van der Waals surface area contributed by atoms with Crippen LogP contribution in [0.25, 0.3) is 86.2 Å². The minimum atomic E-state index is -0.535. The van der Waals surface area contributed by atoms with E-state index in [1.54, 1.807) is 30.3 Å². The Bertz CT molecular complexity index is 4360. The lowest BCUT2D eigenvalue weighted by atomic mass is 9.81. The maximum atomic E-state index is 13.9. The number of carbonyl (C=O) groups is 8. The number of hydrogen-bond donors (Lipinski definition) is 0. The number of non-ortho nitro benzene ring substituents is 1. The number of carbonyl (C=O) groups excluding carboxylic acids is 8. The summed E-state index contributed by atoms with van der Waals surface area (Å²) < 4.78 is 0. The van der Waals surface area contributed by atoms with Gasteiger partial charge in [-0.05, 0) is 148 Å². The minimum Gasteiger partial charge on any atom is -0.271 e. The van der Waals surface area contributed by atoms with Crippen LogP contribution in [-0.4, -0.2) is 95.9 Å². The van der Waals surface area contributed by atoms with Crippen molar-refractivity contribution in [2.24, 2.45) is 0 Å². The van der Waals surface area contributed by atoms with Crippen molar-refractivity contribution >= 4 is 139 Å². The summed E-state index contributed by atoms with van der Waals surface area (Å²) in [6.07, 6.45) is 5.20. The molecule has 0 saturated heterocycles. The van der Waals surface area contributed by atoms with E-state index in [1.807, 2.05) is 110 Å². The highest BCUT2D eigenvalue weighted by Crippen LogP contribution is 2.51. The van der Waals surface area contributed by atoms with Crippen LogP contribution in [0.15, 0.2) is 91.0 Å². The number of nitrogens with zero attached hydrogens (tertiary/aromatic N) is 5. The molecule has 4 aliphatic heterocycles. The van der Waals surface area contributed by atoms with Gasteiger partial charge in [0.25, 0.3) is 52.9 Å². The van der Waals surface area contributed by atoms with Crippen LogP contribution >= 0.6 is 0 Å². The van der Waals surface area contributed by atoms with Crippen LogP contribution < -0.4 is 0 Å². The molecule has 0 radical (unpaired) electrons. The number of nitro groups is 1. The molecular formula is C68H59N5O10. The van der Waals surface area contributed by atoms with Crippen molar-refractivity contribution in [2.75, 3.05) is 0 Å². The molecule has 0 aromatic heterocycles. The van der Waals surface area contributed by atoms with Gasteiger partial charge in [-0.3, -0.25) is 68.1 Å². The molecule has 15 nitrogen and oxygen atoms in total. The van der Waals surface area contributed by atoms with Crippen LogP contribution in [-0.2, 0) is 0 Å². The number of imide groups is 4. The van der Waals surface area contributed by atoms with Gasteiger partial charge in [0.05, 0.1) is 15.9 Å². The van der Waals surface area contributed by atoms with Gasteiger partial charge in [-0.1, -0.05) is 97.9 Å². The SMILES string of the molecule is CCC(CC)N1C(=O)c2ccc3c4ccc5c6c(cc([N+](=O)[O-])c(c7ccc(c2c37)C1=O)c64)C(=O)N(C(CC)CC)C5=O.CCC(CC)N1C(=O)c2ccc3c4ccc5c6c(ccc(c7ccc(c2c37)C1=O)c64)C(=O)N(C(CC)CC)C5=O. The van der Waals surface area contributed by atoms with E-state index in [1.165, 1.54) is 25.7 Å². The second-order valence-electron chi connectivity index (χ2n) is 22.5. The molecule has 0 saturated carbocycles. The van der Waals surface area contributed by atoms with Gasteiger partial charge in [0.2, 0.25) is 0 Å². The summed E-state index contributed by atoms with van der Waals surface area (Å²) in [4.78, 5) is 128. The number of hydrogen-bond acceptors (Lipinski definition) is 10. The lowest BCUT2D eigenvalue weighted by molar-refractivity contribution is -0.383. The van der Waals surface area contributed by atoms with Gasteiger partial charge in [-0.2, -0.15) is 0 Å². The summed E-state index contributed by atoms with van der Waals surface area (Å²) in [5, 5.41) is 23.5. The molecule has 0 atom stereocenters. The van der Waals surface area contributed by atoms with Gasteiger partial charge in [0.1, 0.15) is 0 Å². The molecule has 4 heterocycles. The highest BCUT2D eigenvalue weighted by Gasteiger charge is 2.43. The Morgan fingerprint density at radius 2 is 0.494 bits per heavy atom. The first-order chi connectivity index (χ1) is 40.1. The van der Waals surface area contributed by atoms with Gasteiger partial charge < -0.3 is 0 Å². The topological polar surface area (TPSA) is 193 Å². The zero-order chi connectivity index (χ0) is 58.5. The molecule has 0 unspecified atom stereocenters. The Labute approximate surface area is 476 Å². The van der Waals surface area contributed by atoms with Crippen molar-refractivity contribution in [3.63, 3.8) is 0 Å². The Morgan fingerprint density at radius 3 is 0.735 bits per heavy atom. The van der Waals surface area contributed by atoms with Crippen molar-refractivity contribution in [3.8, 4) is 0 Å². The molecule has 15 heteroatoms. The fourth-order valence-corrected chi connectivity index (χ4v) is 14.8. The average Bonchev–Trinajstić information content (AvgIpc) is 1.36. The van der Waals surface area contributed by atoms with E-state index >= 15 is 0 Å². The van der Waals surface area contributed by atoms with Crippen LogP contribution in [0, 0.1) is 10.1 Å². The third-order valence-corrected chi connectivity index (χ3v) is 18.9. The monoisotopic (exact) mass is 1110 g/mol. The summed E-state index contributed by atoms with van der Waals surface area (Å²) in [6, 6.07) is 25.9.